The molecule has 5 nitrogen and oxygen atoms in total. The zero-order valence-corrected chi connectivity index (χ0v) is 42.6. The van der Waals surface area contributed by atoms with Gasteiger partial charge >= 0.3 is 0 Å². The predicted octanol–water partition coefficient (Wildman–Crippen LogP) is 13.3. The number of hydrogen-bond acceptors (Lipinski definition) is 4. The van der Waals surface area contributed by atoms with Gasteiger partial charge in [-0.3, -0.25) is 0 Å². The summed E-state index contributed by atoms with van der Waals surface area (Å²) < 4.78 is 9.45. The van der Waals surface area contributed by atoms with E-state index in [1.807, 2.05) is 12.3 Å². The van der Waals surface area contributed by atoms with Crippen LogP contribution >= 0.6 is 0 Å². The van der Waals surface area contributed by atoms with Crippen molar-refractivity contribution in [1.82, 2.24) is 9.55 Å². The van der Waals surface area contributed by atoms with Gasteiger partial charge in [0.1, 0.15) is 5.82 Å². The third-order valence-corrected chi connectivity index (χ3v) is 19.6. The largest absolute Gasteiger partial charge is 0.509 e. The molecular weight excluding hydrogens is 1060 g/mol. The number of benzene rings is 9. The van der Waals surface area contributed by atoms with Crippen molar-refractivity contribution >= 4 is 73.4 Å². The van der Waals surface area contributed by atoms with E-state index in [1.165, 1.54) is 48.2 Å². The minimum Gasteiger partial charge on any atom is -0.509 e. The van der Waals surface area contributed by atoms with E-state index in [0.29, 0.717) is 11.5 Å². The third kappa shape index (κ3) is 6.44. The Morgan fingerprint density at radius 2 is 1.08 bits per heavy atom. The number of hydrogen-bond donors (Lipinski definition) is 0. The van der Waals surface area contributed by atoms with Gasteiger partial charge in [-0.2, -0.15) is 6.07 Å². The van der Waals surface area contributed by atoms with Crippen LogP contribution in [0.25, 0.3) is 61.0 Å². The van der Waals surface area contributed by atoms with Crippen molar-refractivity contribution in [2.45, 2.75) is 26.2 Å². The fourth-order valence-electron chi connectivity index (χ4n) is 11.7. The van der Waals surface area contributed by atoms with Crippen molar-refractivity contribution < 1.29 is 25.8 Å². The zero-order chi connectivity index (χ0) is 46.7. The summed E-state index contributed by atoms with van der Waals surface area (Å²) in [6.45, 7) is 8.97. The second-order valence-electron chi connectivity index (χ2n) is 19.6. The van der Waals surface area contributed by atoms with Gasteiger partial charge in [-0.15, -0.1) is 53.3 Å². The van der Waals surface area contributed by atoms with Gasteiger partial charge in [0.05, 0.1) is 0 Å². The Kier molecular flexibility index (Phi) is 10.0. The Hall–Kier alpha value is -7.76. The number of ether oxygens (including phenoxy) is 1. The molecule has 1 spiro atoms. The maximum absolute atomic E-state index is 7.14. The van der Waals surface area contributed by atoms with Crippen LogP contribution in [0, 0.1) is 18.8 Å². The second kappa shape index (κ2) is 16.4. The van der Waals surface area contributed by atoms with E-state index in [1.54, 1.807) is 0 Å². The number of para-hydroxylation sites is 3. The molecule has 5 heterocycles. The molecule has 3 aliphatic rings. The molecule has 2 aromatic heterocycles. The Balaban J connectivity index is 0.00000492. The summed E-state index contributed by atoms with van der Waals surface area (Å²) in [5, 5.41) is 8.11. The Morgan fingerprint density at radius 3 is 1.76 bits per heavy atom. The minimum atomic E-state index is -2.81. The maximum Gasteiger partial charge on any atom is 0.157 e. The first-order valence-corrected chi connectivity index (χ1v) is 26.0. The van der Waals surface area contributed by atoms with Gasteiger partial charge in [0.2, 0.25) is 0 Å². The molecule has 344 valence electrons. The van der Waals surface area contributed by atoms with E-state index in [2.05, 4.69) is 254 Å². The van der Waals surface area contributed by atoms with Crippen molar-refractivity contribution in [2.24, 2.45) is 0 Å². The fourth-order valence-corrected chi connectivity index (χ4v) is 17.3. The van der Waals surface area contributed by atoms with Crippen LogP contribution in [-0.4, -0.2) is 17.6 Å². The van der Waals surface area contributed by atoms with Gasteiger partial charge in [-0.1, -0.05) is 178 Å². The van der Waals surface area contributed by atoms with Gasteiger partial charge < -0.3 is 19.1 Å². The average molecular weight is 1110 g/mol. The number of fused-ring (bicyclic) bond motifs is 8. The Bertz CT molecular complexity index is 3810. The molecule has 0 saturated carbocycles. The van der Waals surface area contributed by atoms with Crippen molar-refractivity contribution in [3.63, 3.8) is 0 Å². The van der Waals surface area contributed by atoms with Gasteiger partial charge in [0.25, 0.3) is 0 Å². The quantitative estimate of drug-likeness (QED) is 0.118. The first-order valence-electron chi connectivity index (χ1n) is 24.0. The van der Waals surface area contributed by atoms with Gasteiger partial charge in [0.15, 0.2) is 8.07 Å². The van der Waals surface area contributed by atoms with E-state index in [9.17, 15) is 0 Å². The van der Waals surface area contributed by atoms with E-state index >= 15 is 0 Å². The van der Waals surface area contributed by atoms with Crippen LogP contribution in [0.1, 0.15) is 26.3 Å². The van der Waals surface area contributed by atoms with E-state index in [0.717, 1.165) is 61.9 Å². The molecule has 0 unspecified atom stereocenters. The molecule has 0 saturated heterocycles. The maximum atomic E-state index is 7.14. The summed E-state index contributed by atoms with van der Waals surface area (Å²) in [7, 11) is -2.81. The topological polar surface area (TPSA) is 33.5 Å². The molecule has 7 heteroatoms. The molecule has 0 fully saturated rings. The summed E-state index contributed by atoms with van der Waals surface area (Å²) in [6.07, 6.45) is 1.95. The standard InChI is InChI=1S/C64H45N4OSi.Pt/c1-64(2,3)44-35-36-65-60(37-44)68-54-31-18-34-58-61(54)62-55(68)39-47(40-59(62)70(58)56-32-14-10-25-50(56)51-26-11-15-33-57(51)70)69-46-24-16-23-45(38-46)66-41-67(53-30-13-12-29-52(53)66)63-48(42-19-6-4-7-20-42)27-17-28-49(63)43-21-8-5-9-22-43;/h4-37,40-41H,1-3H3;/q-3;. The van der Waals surface area contributed by atoms with Crippen LogP contribution in [0.3, 0.4) is 0 Å². The first-order chi connectivity index (χ1) is 34.4. The first kappa shape index (κ1) is 43.3. The molecular formula is C64H45N4OPtSi-3. The zero-order valence-electron chi connectivity index (χ0n) is 39.3. The molecule has 0 N–H and O–H groups in total. The van der Waals surface area contributed by atoms with Crippen LogP contribution in [0.4, 0.5) is 22.7 Å². The van der Waals surface area contributed by atoms with Crippen molar-refractivity contribution in [2.75, 3.05) is 9.80 Å². The normalized spacial score (nSPS) is 13.7. The number of aromatic nitrogens is 2. The molecule has 71 heavy (non-hydrogen) atoms. The van der Waals surface area contributed by atoms with Crippen molar-refractivity contribution in [3.05, 3.63) is 237 Å². The number of nitrogens with zero attached hydrogens (tertiary/aromatic N) is 4. The monoisotopic (exact) mass is 1110 g/mol. The summed E-state index contributed by atoms with van der Waals surface area (Å²) in [6, 6.07) is 82.1. The van der Waals surface area contributed by atoms with Crippen molar-refractivity contribution in [3.8, 4) is 50.7 Å². The van der Waals surface area contributed by atoms with Crippen molar-refractivity contribution in [1.29, 1.82) is 0 Å². The molecule has 0 radical (unpaired) electrons. The van der Waals surface area contributed by atoms with Gasteiger partial charge in [-0.05, 0) is 84.5 Å². The third-order valence-electron chi connectivity index (χ3n) is 14.7. The predicted molar refractivity (Wildman–Crippen MR) is 290 cm³/mol. The Morgan fingerprint density at radius 1 is 0.507 bits per heavy atom. The molecule has 11 aromatic rings. The van der Waals surface area contributed by atoms with E-state index in [-0.39, 0.29) is 26.5 Å². The summed E-state index contributed by atoms with van der Waals surface area (Å²) in [5.41, 5.74) is 14.6. The molecule has 0 atom stereocenters. The summed E-state index contributed by atoms with van der Waals surface area (Å²) >= 11 is 0. The van der Waals surface area contributed by atoms with Crippen LogP contribution in [0.5, 0.6) is 11.5 Å². The Labute approximate surface area is 429 Å². The van der Waals surface area contributed by atoms with Crippen LogP contribution < -0.4 is 35.3 Å². The smallest absolute Gasteiger partial charge is 0.157 e. The number of pyridine rings is 1. The van der Waals surface area contributed by atoms with Gasteiger partial charge in [0, 0.05) is 72.5 Å². The molecule has 0 bridgehead atoms. The summed E-state index contributed by atoms with van der Waals surface area (Å²) in [5.74, 6) is 2.13. The second-order valence-corrected chi connectivity index (χ2v) is 23.2. The number of anilines is 4. The fraction of sp³-hybridized carbons (Fsp3) is 0.0625. The van der Waals surface area contributed by atoms with E-state index < -0.39 is 8.07 Å². The minimum absolute atomic E-state index is 0. The number of rotatable bonds is 7. The summed E-state index contributed by atoms with van der Waals surface area (Å²) in [4.78, 5) is 9.62. The van der Waals surface area contributed by atoms with Crippen LogP contribution in [0.15, 0.2) is 212 Å². The molecule has 0 amide bonds. The van der Waals surface area contributed by atoms with Crippen LogP contribution in [-0.2, 0) is 26.5 Å². The average Bonchev–Trinajstić information content (AvgIpc) is 4.13. The molecule has 0 aliphatic carbocycles. The molecule has 9 aromatic carbocycles. The van der Waals surface area contributed by atoms with Gasteiger partial charge in [-0.25, -0.2) is 4.98 Å². The SMILES string of the molecule is CC(C)(C)c1ccnc(-n2c3[c-]c(Oc4[c-]c(N5[CH-]N(c6c(-c7ccccc7)cccc6-c6ccccc6)c6ccccc65)ccc4)cc4c3c3c(cccc32)[Si]42c3ccccc3-c3ccccc32)c1.[Pt]. The molecule has 14 rings (SSSR count). The van der Waals surface area contributed by atoms with Crippen LogP contribution in [0.2, 0.25) is 0 Å². The molecule has 3 aliphatic heterocycles. The van der Waals surface area contributed by atoms with E-state index in [4.69, 9.17) is 9.72 Å².